The van der Waals surface area contributed by atoms with Gasteiger partial charge in [0, 0.05) is 43.2 Å². The summed E-state index contributed by atoms with van der Waals surface area (Å²) in [6.07, 6.45) is -5.22. The van der Waals surface area contributed by atoms with Crippen LogP contribution in [0, 0.1) is 12.8 Å². The zero-order valence-electron chi connectivity index (χ0n) is 23.4. The van der Waals surface area contributed by atoms with Crippen molar-refractivity contribution in [2.45, 2.75) is 65.0 Å². The summed E-state index contributed by atoms with van der Waals surface area (Å²) in [5.41, 5.74) is -1.27. The number of halogens is 6. The molecule has 0 spiro atoms. The lowest BCUT2D eigenvalue weighted by atomic mass is 10.0. The second kappa shape index (κ2) is 11.9. The molecule has 0 aliphatic heterocycles. The van der Waals surface area contributed by atoms with Crippen molar-refractivity contribution in [3.63, 3.8) is 0 Å². The largest absolute Gasteiger partial charge is 0.416 e. The van der Waals surface area contributed by atoms with E-state index in [1.165, 1.54) is 12.8 Å². The average Bonchev–Trinajstić information content (AvgIpc) is 3.61. The van der Waals surface area contributed by atoms with E-state index in [1.807, 2.05) is 30.3 Å². The van der Waals surface area contributed by atoms with Crippen molar-refractivity contribution in [3.8, 4) is 0 Å². The van der Waals surface area contributed by atoms with Crippen molar-refractivity contribution in [3.05, 3.63) is 82.6 Å². The minimum Gasteiger partial charge on any atom is -0.360 e. The molecule has 1 aliphatic carbocycles. The second-order valence-corrected chi connectivity index (χ2v) is 10.9. The maximum Gasteiger partial charge on any atom is 0.416 e. The van der Waals surface area contributed by atoms with Gasteiger partial charge in [0.2, 0.25) is 0 Å². The number of hydrogen-bond acceptors (Lipinski definition) is 5. The van der Waals surface area contributed by atoms with Gasteiger partial charge < -0.3 is 14.3 Å². The van der Waals surface area contributed by atoms with Crippen LogP contribution in [0.3, 0.4) is 0 Å². The Morgan fingerprint density at radius 2 is 1.52 bits per heavy atom. The summed E-state index contributed by atoms with van der Waals surface area (Å²) in [5, 5.41) is 4.94. The summed E-state index contributed by atoms with van der Waals surface area (Å²) in [7, 11) is 0. The highest BCUT2D eigenvalue weighted by atomic mass is 19.4. The summed E-state index contributed by atoms with van der Waals surface area (Å²) in [6.45, 7) is 5.11. The Labute approximate surface area is 240 Å². The highest BCUT2D eigenvalue weighted by molar-refractivity contribution is 5.82. The molecule has 0 saturated heterocycles. The molecule has 1 aliphatic rings. The van der Waals surface area contributed by atoms with E-state index in [9.17, 15) is 26.3 Å². The SMILES string of the molecule is CCN(CC1CCCC1)c1nc2ccccc2cc1CN(Cc1cc(C(F)(F)F)cc(C(F)(F)F)c1)c1cc(C)on1. The monoisotopic (exact) mass is 590 g/mol. The fraction of sp³-hybridized carbons (Fsp3) is 0.419. The van der Waals surface area contributed by atoms with Gasteiger partial charge in [-0.3, -0.25) is 0 Å². The Morgan fingerprint density at radius 1 is 0.857 bits per heavy atom. The van der Waals surface area contributed by atoms with Crippen LogP contribution in [0.1, 0.15) is 60.6 Å². The van der Waals surface area contributed by atoms with Crippen LogP contribution >= 0.6 is 0 Å². The molecule has 224 valence electrons. The molecule has 1 fully saturated rings. The number of nitrogens with zero attached hydrogens (tertiary/aromatic N) is 4. The maximum atomic E-state index is 13.6. The average molecular weight is 591 g/mol. The molecular formula is C31H32F6N4O. The van der Waals surface area contributed by atoms with E-state index in [1.54, 1.807) is 17.9 Å². The van der Waals surface area contributed by atoms with Gasteiger partial charge in [-0.1, -0.05) is 36.2 Å². The van der Waals surface area contributed by atoms with Gasteiger partial charge in [-0.15, -0.1) is 0 Å². The van der Waals surface area contributed by atoms with Gasteiger partial charge in [0.25, 0.3) is 0 Å². The van der Waals surface area contributed by atoms with Gasteiger partial charge in [-0.05, 0) is 68.5 Å². The van der Waals surface area contributed by atoms with E-state index in [-0.39, 0.29) is 24.7 Å². The Balaban J connectivity index is 1.57. The Hall–Kier alpha value is -3.76. The number of alkyl halides is 6. The molecule has 4 aromatic rings. The van der Waals surface area contributed by atoms with Gasteiger partial charge in [0.05, 0.1) is 16.6 Å². The standard InChI is InChI=1S/C31H32F6N4O/c1-3-40(17-21-8-4-5-9-21)29-24(15-23-10-6-7-11-27(23)38-29)19-41(28-12-20(2)42-39-28)18-22-13-25(30(32,33)34)16-26(14-22)31(35,36)37/h6-7,10-16,21H,3-5,8-9,17-19H2,1-2H3. The lowest BCUT2D eigenvalue weighted by Gasteiger charge is -2.30. The van der Waals surface area contributed by atoms with E-state index in [4.69, 9.17) is 9.51 Å². The zero-order chi connectivity index (χ0) is 30.1. The minimum atomic E-state index is -4.94. The zero-order valence-corrected chi connectivity index (χ0v) is 23.4. The highest BCUT2D eigenvalue weighted by Crippen LogP contribution is 2.37. The lowest BCUT2D eigenvalue weighted by molar-refractivity contribution is -0.143. The van der Waals surface area contributed by atoms with Gasteiger partial charge in [0.1, 0.15) is 11.6 Å². The fourth-order valence-electron chi connectivity index (χ4n) is 5.67. The number of rotatable bonds is 9. The third-order valence-electron chi connectivity index (χ3n) is 7.74. The molecule has 42 heavy (non-hydrogen) atoms. The second-order valence-electron chi connectivity index (χ2n) is 10.9. The third kappa shape index (κ3) is 6.82. The van der Waals surface area contributed by atoms with E-state index in [0.717, 1.165) is 53.8 Å². The van der Waals surface area contributed by atoms with Crippen molar-refractivity contribution >= 4 is 22.5 Å². The van der Waals surface area contributed by atoms with Crippen molar-refractivity contribution < 1.29 is 30.9 Å². The number of aromatic nitrogens is 2. The molecule has 11 heteroatoms. The van der Waals surface area contributed by atoms with Crippen molar-refractivity contribution in [1.29, 1.82) is 0 Å². The number of aryl methyl sites for hydroxylation is 1. The van der Waals surface area contributed by atoms with Gasteiger partial charge >= 0.3 is 12.4 Å². The number of para-hydroxylation sites is 1. The van der Waals surface area contributed by atoms with Crippen LogP contribution in [0.15, 0.2) is 59.1 Å². The van der Waals surface area contributed by atoms with E-state index < -0.39 is 23.5 Å². The molecule has 2 aromatic carbocycles. The summed E-state index contributed by atoms with van der Waals surface area (Å²) in [4.78, 5) is 8.85. The molecule has 1 saturated carbocycles. The molecule has 5 rings (SSSR count). The van der Waals surface area contributed by atoms with Crippen molar-refractivity contribution in [1.82, 2.24) is 10.1 Å². The van der Waals surface area contributed by atoms with Crippen LogP contribution in [0.25, 0.3) is 10.9 Å². The van der Waals surface area contributed by atoms with E-state index in [2.05, 4.69) is 17.0 Å². The van der Waals surface area contributed by atoms with E-state index >= 15 is 0 Å². The predicted octanol–water partition coefficient (Wildman–Crippen LogP) is 8.79. The predicted molar refractivity (Wildman–Crippen MR) is 149 cm³/mol. The molecule has 0 bridgehead atoms. The fourth-order valence-corrected chi connectivity index (χ4v) is 5.67. The molecule has 0 radical (unpaired) electrons. The van der Waals surface area contributed by atoms with Crippen molar-refractivity contribution in [2.75, 3.05) is 22.9 Å². The number of anilines is 2. The minimum absolute atomic E-state index is 0.137. The highest BCUT2D eigenvalue weighted by Gasteiger charge is 2.37. The van der Waals surface area contributed by atoms with Gasteiger partial charge in [0.15, 0.2) is 5.82 Å². The molecule has 2 aromatic heterocycles. The van der Waals surface area contributed by atoms with E-state index in [0.29, 0.717) is 24.0 Å². The lowest BCUT2D eigenvalue weighted by Crippen LogP contribution is -2.31. The van der Waals surface area contributed by atoms with Gasteiger partial charge in [-0.2, -0.15) is 26.3 Å². The van der Waals surface area contributed by atoms with Crippen LogP contribution in [0.5, 0.6) is 0 Å². The number of fused-ring (bicyclic) bond motifs is 1. The third-order valence-corrected chi connectivity index (χ3v) is 7.74. The Morgan fingerprint density at radius 3 is 2.12 bits per heavy atom. The summed E-state index contributed by atoms with van der Waals surface area (Å²) < 4.78 is 87.0. The summed E-state index contributed by atoms with van der Waals surface area (Å²) in [6, 6.07) is 12.9. The molecule has 5 nitrogen and oxygen atoms in total. The molecule has 0 atom stereocenters. The Kier molecular flexibility index (Phi) is 8.39. The molecule has 0 N–H and O–H groups in total. The maximum absolute atomic E-state index is 13.6. The molecule has 0 unspecified atom stereocenters. The summed E-state index contributed by atoms with van der Waals surface area (Å²) in [5.74, 6) is 2.04. The number of hydrogen-bond donors (Lipinski definition) is 0. The first kappa shape index (κ1) is 29.7. The first-order chi connectivity index (χ1) is 19.9. The summed E-state index contributed by atoms with van der Waals surface area (Å²) >= 11 is 0. The first-order valence-corrected chi connectivity index (χ1v) is 14.0. The van der Waals surface area contributed by atoms with Crippen LogP contribution in [-0.2, 0) is 25.4 Å². The molecular weight excluding hydrogens is 558 g/mol. The van der Waals surface area contributed by atoms with Crippen LogP contribution < -0.4 is 9.80 Å². The van der Waals surface area contributed by atoms with Crippen LogP contribution in [0.2, 0.25) is 0 Å². The van der Waals surface area contributed by atoms with Gasteiger partial charge in [-0.25, -0.2) is 4.98 Å². The Bertz CT molecular complexity index is 1490. The number of pyridine rings is 1. The molecule has 2 heterocycles. The van der Waals surface area contributed by atoms with Crippen LogP contribution in [-0.4, -0.2) is 23.2 Å². The van der Waals surface area contributed by atoms with Crippen LogP contribution in [0.4, 0.5) is 38.0 Å². The molecule has 0 amide bonds. The normalized spacial score (nSPS) is 14.6. The topological polar surface area (TPSA) is 45.4 Å². The van der Waals surface area contributed by atoms with Crippen molar-refractivity contribution in [2.24, 2.45) is 5.92 Å². The number of benzene rings is 2. The first-order valence-electron chi connectivity index (χ1n) is 14.0. The quantitative estimate of drug-likeness (QED) is 0.182. The smallest absolute Gasteiger partial charge is 0.360 e.